The molecule has 12 heteroatoms. The van der Waals surface area contributed by atoms with E-state index in [-0.39, 0.29) is 18.9 Å². The van der Waals surface area contributed by atoms with Crippen molar-refractivity contribution in [1.82, 2.24) is 10.2 Å². The van der Waals surface area contributed by atoms with Gasteiger partial charge in [0, 0.05) is 6.54 Å². The molecule has 1 aliphatic rings. The number of hydrogen-bond donors (Lipinski definition) is 2. The predicted molar refractivity (Wildman–Crippen MR) is 95.3 cm³/mol. The number of carbonyl (C=O) groups excluding carboxylic acids is 4. The average molecular weight is 443 g/mol. The molecule has 30 heavy (non-hydrogen) atoms. The molecule has 7 nitrogen and oxygen atoms in total. The minimum absolute atomic E-state index is 0.189. The van der Waals surface area contributed by atoms with Gasteiger partial charge in [-0.05, 0) is 24.7 Å². The Hall–Kier alpha value is -2.11. The zero-order valence-corrected chi connectivity index (χ0v) is 17.1. The molecule has 0 aliphatic carbocycles. The summed E-state index contributed by atoms with van der Waals surface area (Å²) in [6.45, 7) is 6.14. The number of nitrogens with one attached hydrogen (secondary N) is 1. The standard InChI is InChI=1S/C18H26F5N3O4/c1-8(2)11(24)16(30)26-7-5-6-10(26)15(29)25-12(9(3)4)13(27)14(28)17(19,20)18(21,22)23/h8-12H,5-7,24H2,1-4H3,(H,25,29)/t10-,11-,12-/m0/s1. The molecule has 1 aliphatic heterocycles. The van der Waals surface area contributed by atoms with Crippen molar-refractivity contribution in [3.8, 4) is 0 Å². The fourth-order valence-corrected chi connectivity index (χ4v) is 2.99. The first-order chi connectivity index (χ1) is 13.5. The molecule has 1 saturated heterocycles. The van der Waals surface area contributed by atoms with Crippen LogP contribution in [0.15, 0.2) is 0 Å². The van der Waals surface area contributed by atoms with Crippen molar-refractivity contribution in [2.45, 2.75) is 70.8 Å². The molecule has 1 fully saturated rings. The average Bonchev–Trinajstić information content (AvgIpc) is 3.11. The monoisotopic (exact) mass is 443 g/mol. The van der Waals surface area contributed by atoms with Gasteiger partial charge in [-0.15, -0.1) is 0 Å². The number of carbonyl (C=O) groups is 4. The topological polar surface area (TPSA) is 110 Å². The van der Waals surface area contributed by atoms with Crippen molar-refractivity contribution < 1.29 is 41.1 Å². The first-order valence-electron chi connectivity index (χ1n) is 9.43. The Labute approximate surface area is 170 Å². The van der Waals surface area contributed by atoms with E-state index in [1.807, 2.05) is 0 Å². The van der Waals surface area contributed by atoms with Crippen molar-refractivity contribution in [3.05, 3.63) is 0 Å². The Morgan fingerprint density at radius 3 is 1.97 bits per heavy atom. The Bertz CT molecular complexity index is 694. The molecular weight excluding hydrogens is 417 g/mol. The van der Waals surface area contributed by atoms with Crippen LogP contribution in [0.5, 0.6) is 0 Å². The molecule has 0 radical (unpaired) electrons. The van der Waals surface area contributed by atoms with E-state index in [9.17, 15) is 41.1 Å². The molecule has 1 rings (SSSR count). The fraction of sp³-hybridized carbons (Fsp3) is 0.778. The SMILES string of the molecule is CC(C)[C@H](N)C(=O)N1CCC[C@H]1C(=O)N[C@H](C(=O)C(=O)C(F)(F)C(F)(F)F)C(C)C. The molecule has 0 aromatic carbocycles. The lowest BCUT2D eigenvalue weighted by Gasteiger charge is -2.30. The smallest absolute Gasteiger partial charge is 0.344 e. The first kappa shape index (κ1) is 25.9. The number of amides is 2. The van der Waals surface area contributed by atoms with Crippen LogP contribution in [0.2, 0.25) is 0 Å². The molecule has 0 aromatic rings. The van der Waals surface area contributed by atoms with Crippen LogP contribution in [-0.4, -0.2) is 65.0 Å². The van der Waals surface area contributed by atoms with Gasteiger partial charge in [-0.2, -0.15) is 22.0 Å². The summed E-state index contributed by atoms with van der Waals surface area (Å²) in [7, 11) is 0. The van der Waals surface area contributed by atoms with E-state index < -0.39 is 59.5 Å². The zero-order chi connectivity index (χ0) is 23.6. The largest absolute Gasteiger partial charge is 0.461 e. The van der Waals surface area contributed by atoms with E-state index in [4.69, 9.17) is 5.73 Å². The van der Waals surface area contributed by atoms with Crippen LogP contribution in [0.4, 0.5) is 22.0 Å². The van der Waals surface area contributed by atoms with Crippen molar-refractivity contribution >= 4 is 23.4 Å². The fourth-order valence-electron chi connectivity index (χ4n) is 2.99. The molecule has 2 amide bonds. The molecule has 0 spiro atoms. The lowest BCUT2D eigenvalue weighted by Crippen LogP contribution is -2.58. The summed E-state index contributed by atoms with van der Waals surface area (Å²) >= 11 is 0. The van der Waals surface area contributed by atoms with E-state index in [1.54, 1.807) is 13.8 Å². The second-order valence-corrected chi connectivity index (χ2v) is 7.96. The number of halogens is 5. The van der Waals surface area contributed by atoms with Crippen LogP contribution < -0.4 is 11.1 Å². The third-order valence-corrected chi connectivity index (χ3v) is 4.95. The number of alkyl halides is 5. The zero-order valence-electron chi connectivity index (χ0n) is 17.1. The van der Waals surface area contributed by atoms with Gasteiger partial charge in [-0.1, -0.05) is 27.7 Å². The number of Topliss-reactive ketones (excluding diaryl/α,β-unsaturated/α-hetero) is 2. The number of nitrogens with zero attached hydrogens (tertiary/aromatic N) is 1. The quantitative estimate of drug-likeness (QED) is 0.436. The Balaban J connectivity index is 3.03. The number of ketones is 2. The van der Waals surface area contributed by atoms with E-state index in [0.29, 0.717) is 6.42 Å². The molecule has 0 unspecified atom stereocenters. The molecule has 3 atom stereocenters. The summed E-state index contributed by atoms with van der Waals surface area (Å²) in [5.41, 5.74) is 5.82. The van der Waals surface area contributed by atoms with Gasteiger partial charge in [0.2, 0.25) is 17.6 Å². The van der Waals surface area contributed by atoms with E-state index >= 15 is 0 Å². The summed E-state index contributed by atoms with van der Waals surface area (Å²) in [6.07, 6.45) is -5.62. The molecular formula is C18H26F5N3O4. The van der Waals surface area contributed by atoms with E-state index in [1.165, 1.54) is 18.7 Å². The lowest BCUT2D eigenvalue weighted by atomic mass is 9.94. The lowest BCUT2D eigenvalue weighted by molar-refractivity contribution is -0.267. The van der Waals surface area contributed by atoms with Crippen molar-refractivity contribution in [2.24, 2.45) is 17.6 Å². The van der Waals surface area contributed by atoms with E-state index in [2.05, 4.69) is 5.32 Å². The summed E-state index contributed by atoms with van der Waals surface area (Å²) in [6, 6.07) is -3.88. The number of likely N-dealkylation sites (tertiary alicyclic amines) is 1. The van der Waals surface area contributed by atoms with Crippen LogP contribution >= 0.6 is 0 Å². The van der Waals surface area contributed by atoms with Crippen LogP contribution in [0.3, 0.4) is 0 Å². The Morgan fingerprint density at radius 2 is 1.53 bits per heavy atom. The van der Waals surface area contributed by atoms with Gasteiger partial charge in [-0.25, -0.2) is 0 Å². The highest BCUT2D eigenvalue weighted by atomic mass is 19.4. The number of hydrogen-bond acceptors (Lipinski definition) is 5. The van der Waals surface area contributed by atoms with Crippen LogP contribution in [0.25, 0.3) is 0 Å². The van der Waals surface area contributed by atoms with Crippen molar-refractivity contribution in [3.63, 3.8) is 0 Å². The van der Waals surface area contributed by atoms with Crippen molar-refractivity contribution in [2.75, 3.05) is 6.54 Å². The van der Waals surface area contributed by atoms with Gasteiger partial charge in [0.15, 0.2) is 0 Å². The van der Waals surface area contributed by atoms with Crippen molar-refractivity contribution in [1.29, 1.82) is 0 Å². The van der Waals surface area contributed by atoms with Gasteiger partial charge in [0.25, 0.3) is 5.78 Å². The highest BCUT2D eigenvalue weighted by molar-refractivity contribution is 6.42. The summed E-state index contributed by atoms with van der Waals surface area (Å²) in [5, 5.41) is 2.07. The third kappa shape index (κ3) is 5.32. The van der Waals surface area contributed by atoms with Crippen LogP contribution in [-0.2, 0) is 19.2 Å². The number of nitrogens with two attached hydrogens (primary N) is 1. The molecule has 0 saturated carbocycles. The van der Waals surface area contributed by atoms with Gasteiger partial charge in [-0.3, -0.25) is 19.2 Å². The highest BCUT2D eigenvalue weighted by Crippen LogP contribution is 2.36. The molecule has 3 N–H and O–H groups in total. The van der Waals surface area contributed by atoms with Gasteiger partial charge in [0.05, 0.1) is 12.1 Å². The maximum atomic E-state index is 13.3. The second kappa shape index (κ2) is 9.36. The number of rotatable bonds is 8. The second-order valence-electron chi connectivity index (χ2n) is 7.96. The Morgan fingerprint density at radius 1 is 1.00 bits per heavy atom. The first-order valence-corrected chi connectivity index (χ1v) is 9.43. The molecule has 0 bridgehead atoms. The maximum absolute atomic E-state index is 13.3. The van der Waals surface area contributed by atoms with E-state index in [0.717, 1.165) is 0 Å². The molecule has 172 valence electrons. The highest BCUT2D eigenvalue weighted by Gasteiger charge is 2.65. The normalized spacial score (nSPS) is 19.7. The third-order valence-electron chi connectivity index (χ3n) is 4.95. The van der Waals surface area contributed by atoms with Gasteiger partial charge >= 0.3 is 12.1 Å². The molecule has 1 heterocycles. The van der Waals surface area contributed by atoms with Crippen LogP contribution in [0, 0.1) is 11.8 Å². The minimum atomic E-state index is -6.24. The summed E-state index contributed by atoms with van der Waals surface area (Å²) in [5.74, 6) is -13.5. The van der Waals surface area contributed by atoms with Crippen LogP contribution in [0.1, 0.15) is 40.5 Å². The summed E-state index contributed by atoms with van der Waals surface area (Å²) in [4.78, 5) is 49.9. The van der Waals surface area contributed by atoms with Gasteiger partial charge in [0.1, 0.15) is 6.04 Å². The Kier molecular flexibility index (Phi) is 8.09. The van der Waals surface area contributed by atoms with Gasteiger partial charge < -0.3 is 16.0 Å². The predicted octanol–water partition coefficient (Wildman–Crippen LogP) is 1.44. The minimum Gasteiger partial charge on any atom is -0.344 e. The maximum Gasteiger partial charge on any atom is 0.461 e. The molecule has 0 aromatic heterocycles. The summed E-state index contributed by atoms with van der Waals surface area (Å²) < 4.78 is 63.9.